The number of hydrogen-bond acceptors (Lipinski definition) is 4. The normalized spacial score (nSPS) is 28.8. The fraction of sp³-hybridized carbons (Fsp3) is 0.857. The zero-order valence-corrected chi connectivity index (χ0v) is 11.8. The number of aromatic nitrogens is 2. The second-order valence-corrected chi connectivity index (χ2v) is 6.30. The Morgan fingerprint density at radius 3 is 2.94 bits per heavy atom. The Labute approximate surface area is 109 Å². The summed E-state index contributed by atoms with van der Waals surface area (Å²) in [7, 11) is 0. The first kappa shape index (κ1) is 13.5. The molecule has 2 rings (SSSR count). The maximum Gasteiger partial charge on any atom is 0.226 e. The molecule has 1 aliphatic carbocycles. The van der Waals surface area contributed by atoms with Crippen molar-refractivity contribution in [3.8, 4) is 0 Å². The highest BCUT2D eigenvalue weighted by Crippen LogP contribution is 2.36. The van der Waals surface area contributed by atoms with Crippen LogP contribution < -0.4 is 5.73 Å². The van der Waals surface area contributed by atoms with E-state index >= 15 is 0 Å². The molecule has 1 heterocycles. The van der Waals surface area contributed by atoms with E-state index in [0.717, 1.165) is 38.0 Å². The van der Waals surface area contributed by atoms with Gasteiger partial charge in [-0.15, -0.1) is 0 Å². The number of nitrogens with two attached hydrogens (primary N) is 1. The Hall–Kier alpha value is -0.900. The third kappa shape index (κ3) is 3.10. The molecule has 0 radical (unpaired) electrons. The lowest BCUT2D eigenvalue weighted by atomic mass is 9.76. The van der Waals surface area contributed by atoms with E-state index in [2.05, 4.69) is 30.9 Å². The summed E-state index contributed by atoms with van der Waals surface area (Å²) in [6.07, 6.45) is 6.30. The largest absolute Gasteiger partial charge is 0.339 e. The van der Waals surface area contributed by atoms with Crippen LogP contribution in [0.2, 0.25) is 0 Å². The molecule has 18 heavy (non-hydrogen) atoms. The molecule has 102 valence electrons. The number of hydrogen-bond donors (Lipinski definition) is 1. The van der Waals surface area contributed by atoms with Crippen LogP contribution in [0.1, 0.15) is 64.6 Å². The highest BCUT2D eigenvalue weighted by atomic mass is 16.5. The van der Waals surface area contributed by atoms with Crippen LogP contribution in [0.5, 0.6) is 0 Å². The minimum absolute atomic E-state index is 0.364. The molecule has 0 spiro atoms. The van der Waals surface area contributed by atoms with E-state index in [1.807, 2.05) is 0 Å². The van der Waals surface area contributed by atoms with Crippen molar-refractivity contribution in [2.75, 3.05) is 0 Å². The van der Waals surface area contributed by atoms with Gasteiger partial charge in [0.15, 0.2) is 5.82 Å². The van der Waals surface area contributed by atoms with Gasteiger partial charge < -0.3 is 10.3 Å². The second-order valence-electron chi connectivity index (χ2n) is 6.30. The van der Waals surface area contributed by atoms with Crippen molar-refractivity contribution in [2.24, 2.45) is 17.6 Å². The summed E-state index contributed by atoms with van der Waals surface area (Å²) in [6.45, 7) is 6.65. The predicted octanol–water partition coefficient (Wildman–Crippen LogP) is 3.02. The minimum Gasteiger partial charge on any atom is -0.339 e. The van der Waals surface area contributed by atoms with E-state index in [4.69, 9.17) is 10.3 Å². The first-order valence-electron chi connectivity index (χ1n) is 7.11. The lowest BCUT2D eigenvalue weighted by molar-refractivity contribution is 0.221. The van der Waals surface area contributed by atoms with Gasteiger partial charge in [0, 0.05) is 6.42 Å². The minimum atomic E-state index is -0.364. The SMILES string of the molecule is CC(C)CCc1nc(C2(N)CCCC(C)C2)no1. The zero-order valence-electron chi connectivity index (χ0n) is 11.8. The van der Waals surface area contributed by atoms with Gasteiger partial charge in [-0.3, -0.25) is 0 Å². The highest BCUT2D eigenvalue weighted by Gasteiger charge is 2.36. The maximum atomic E-state index is 6.46. The third-order valence-electron chi connectivity index (χ3n) is 3.88. The van der Waals surface area contributed by atoms with Gasteiger partial charge in [-0.05, 0) is 31.1 Å². The van der Waals surface area contributed by atoms with Crippen LogP contribution in [0, 0.1) is 11.8 Å². The monoisotopic (exact) mass is 251 g/mol. The summed E-state index contributed by atoms with van der Waals surface area (Å²) in [5.41, 5.74) is 6.09. The van der Waals surface area contributed by atoms with Crippen molar-refractivity contribution in [3.63, 3.8) is 0 Å². The van der Waals surface area contributed by atoms with Gasteiger partial charge in [0.2, 0.25) is 5.89 Å². The number of nitrogens with zero attached hydrogens (tertiary/aromatic N) is 2. The molecule has 1 fully saturated rings. The topological polar surface area (TPSA) is 64.9 Å². The first-order valence-corrected chi connectivity index (χ1v) is 7.11. The quantitative estimate of drug-likeness (QED) is 0.893. The molecule has 0 saturated heterocycles. The lowest BCUT2D eigenvalue weighted by Crippen LogP contribution is -2.42. The fourth-order valence-electron chi connectivity index (χ4n) is 2.77. The molecular formula is C14H25N3O. The van der Waals surface area contributed by atoms with Gasteiger partial charge in [-0.25, -0.2) is 0 Å². The molecular weight excluding hydrogens is 226 g/mol. The van der Waals surface area contributed by atoms with Crippen LogP contribution in [0.4, 0.5) is 0 Å². The second kappa shape index (κ2) is 5.39. The van der Waals surface area contributed by atoms with E-state index in [1.165, 1.54) is 6.42 Å². The first-order chi connectivity index (χ1) is 8.49. The number of aryl methyl sites for hydroxylation is 1. The van der Waals surface area contributed by atoms with Gasteiger partial charge in [0.25, 0.3) is 0 Å². The summed E-state index contributed by atoms with van der Waals surface area (Å²) < 4.78 is 5.33. The molecule has 1 aromatic rings. The van der Waals surface area contributed by atoms with E-state index < -0.39 is 0 Å². The molecule has 1 saturated carbocycles. The van der Waals surface area contributed by atoms with Gasteiger partial charge >= 0.3 is 0 Å². The molecule has 4 nitrogen and oxygen atoms in total. The lowest BCUT2D eigenvalue weighted by Gasteiger charge is -2.33. The van der Waals surface area contributed by atoms with Crippen LogP contribution in [0.25, 0.3) is 0 Å². The van der Waals surface area contributed by atoms with Crippen molar-refractivity contribution in [1.29, 1.82) is 0 Å². The van der Waals surface area contributed by atoms with Crippen LogP contribution >= 0.6 is 0 Å². The van der Waals surface area contributed by atoms with E-state index in [0.29, 0.717) is 17.7 Å². The van der Waals surface area contributed by atoms with Crippen molar-refractivity contribution in [1.82, 2.24) is 10.1 Å². The van der Waals surface area contributed by atoms with Crippen LogP contribution in [-0.2, 0) is 12.0 Å². The van der Waals surface area contributed by atoms with E-state index in [-0.39, 0.29) is 5.54 Å². The Morgan fingerprint density at radius 1 is 1.50 bits per heavy atom. The smallest absolute Gasteiger partial charge is 0.226 e. The Kier molecular flexibility index (Phi) is 4.05. The molecule has 0 amide bonds. The molecule has 2 unspecified atom stereocenters. The summed E-state index contributed by atoms with van der Waals surface area (Å²) in [5, 5.41) is 4.11. The average Bonchev–Trinajstić information content (AvgIpc) is 2.75. The van der Waals surface area contributed by atoms with Gasteiger partial charge in [0.05, 0.1) is 5.54 Å². The van der Waals surface area contributed by atoms with Crippen LogP contribution in [-0.4, -0.2) is 10.1 Å². The molecule has 0 bridgehead atoms. The fourth-order valence-corrected chi connectivity index (χ4v) is 2.77. The maximum absolute atomic E-state index is 6.46. The number of rotatable bonds is 4. The summed E-state index contributed by atoms with van der Waals surface area (Å²) >= 11 is 0. The Bertz CT molecular complexity index is 388. The molecule has 4 heteroatoms. The van der Waals surface area contributed by atoms with E-state index in [9.17, 15) is 0 Å². The summed E-state index contributed by atoms with van der Waals surface area (Å²) in [4.78, 5) is 4.51. The van der Waals surface area contributed by atoms with E-state index in [1.54, 1.807) is 0 Å². The molecule has 1 aromatic heterocycles. The van der Waals surface area contributed by atoms with Crippen molar-refractivity contribution < 1.29 is 4.52 Å². The summed E-state index contributed by atoms with van der Waals surface area (Å²) in [6, 6.07) is 0. The van der Waals surface area contributed by atoms with Gasteiger partial charge in [0.1, 0.15) is 0 Å². The Balaban J connectivity index is 2.04. The predicted molar refractivity (Wildman–Crippen MR) is 71.0 cm³/mol. The molecule has 0 aliphatic heterocycles. The standard InChI is InChI=1S/C14H25N3O/c1-10(2)6-7-12-16-13(17-18-12)14(15)8-4-5-11(3)9-14/h10-11H,4-9,15H2,1-3H3. The van der Waals surface area contributed by atoms with Crippen LogP contribution in [0.3, 0.4) is 0 Å². The van der Waals surface area contributed by atoms with Crippen molar-refractivity contribution in [2.45, 2.75) is 64.8 Å². The Morgan fingerprint density at radius 2 is 2.28 bits per heavy atom. The summed E-state index contributed by atoms with van der Waals surface area (Å²) in [5.74, 6) is 2.76. The molecule has 0 aromatic carbocycles. The zero-order chi connectivity index (χ0) is 13.2. The van der Waals surface area contributed by atoms with Crippen molar-refractivity contribution in [3.05, 3.63) is 11.7 Å². The third-order valence-corrected chi connectivity index (χ3v) is 3.88. The van der Waals surface area contributed by atoms with Gasteiger partial charge in [-0.2, -0.15) is 4.98 Å². The molecule has 1 aliphatic rings. The highest BCUT2D eigenvalue weighted by molar-refractivity contribution is 5.06. The van der Waals surface area contributed by atoms with Gasteiger partial charge in [-0.1, -0.05) is 38.8 Å². The molecule has 2 atom stereocenters. The molecule has 2 N–H and O–H groups in total. The van der Waals surface area contributed by atoms with Crippen LogP contribution in [0.15, 0.2) is 4.52 Å². The average molecular weight is 251 g/mol. The van der Waals surface area contributed by atoms with Crippen molar-refractivity contribution >= 4 is 0 Å².